The Morgan fingerprint density at radius 3 is 2.50 bits per heavy atom. The number of rotatable bonds is 5. The number of carbonyl (C=O) groups excluding carboxylic acids is 1. The summed E-state index contributed by atoms with van der Waals surface area (Å²) in [4.78, 5) is 17.9. The van der Waals surface area contributed by atoms with E-state index >= 15 is 0 Å². The Morgan fingerprint density at radius 1 is 1.07 bits per heavy atom. The third kappa shape index (κ3) is 4.51. The van der Waals surface area contributed by atoms with Crippen molar-refractivity contribution in [2.24, 2.45) is 0 Å². The predicted molar refractivity (Wildman–Crippen MR) is 115 cm³/mol. The molecular formula is C24H30N2O4. The summed E-state index contributed by atoms with van der Waals surface area (Å²) in [7, 11) is 1.59. The van der Waals surface area contributed by atoms with Gasteiger partial charge in [0.15, 0.2) is 0 Å². The summed E-state index contributed by atoms with van der Waals surface area (Å²) in [5.41, 5.74) is 1.64. The number of hydrogen-bond acceptors (Lipinski definition) is 5. The molecule has 2 heterocycles. The summed E-state index contributed by atoms with van der Waals surface area (Å²) >= 11 is 0. The van der Waals surface area contributed by atoms with Crippen molar-refractivity contribution in [3.63, 3.8) is 0 Å². The first-order valence-electron chi connectivity index (χ1n) is 10.7. The minimum atomic E-state index is -0.206. The number of hydrogen-bond donors (Lipinski definition) is 1. The Labute approximate surface area is 178 Å². The van der Waals surface area contributed by atoms with E-state index in [0.29, 0.717) is 24.5 Å². The lowest BCUT2D eigenvalue weighted by atomic mass is 9.95. The van der Waals surface area contributed by atoms with Crippen LogP contribution < -0.4 is 4.74 Å². The summed E-state index contributed by atoms with van der Waals surface area (Å²) in [6.45, 7) is 3.48. The third-order valence-corrected chi connectivity index (χ3v) is 6.09. The van der Waals surface area contributed by atoms with Gasteiger partial charge in [-0.3, -0.25) is 4.79 Å². The molecule has 0 saturated carbocycles. The Balaban J connectivity index is 1.62. The first-order chi connectivity index (χ1) is 14.7. The van der Waals surface area contributed by atoms with Gasteiger partial charge in [0, 0.05) is 26.2 Å². The van der Waals surface area contributed by atoms with Crippen LogP contribution in [0.2, 0.25) is 0 Å². The highest BCUT2D eigenvalue weighted by Crippen LogP contribution is 2.33. The number of morpholine rings is 1. The Bertz CT molecular complexity index is 836. The van der Waals surface area contributed by atoms with E-state index in [4.69, 9.17) is 9.47 Å². The maximum Gasteiger partial charge on any atom is 0.258 e. The molecule has 0 bridgehead atoms. The molecule has 0 radical (unpaired) electrons. The lowest BCUT2D eigenvalue weighted by molar-refractivity contribution is -0.0771. The SMILES string of the molecule is COc1ccccc1C(=O)N1CCOC(CN2CCC(O)CC2)C1c1ccccc1. The Morgan fingerprint density at radius 2 is 1.77 bits per heavy atom. The van der Waals surface area contributed by atoms with Crippen LogP contribution in [-0.2, 0) is 4.74 Å². The number of methoxy groups -OCH3 is 1. The topological polar surface area (TPSA) is 62.2 Å². The number of piperidine rings is 1. The van der Waals surface area contributed by atoms with Crippen molar-refractivity contribution < 1.29 is 19.4 Å². The molecule has 2 atom stereocenters. The van der Waals surface area contributed by atoms with Crippen molar-refractivity contribution in [1.29, 1.82) is 0 Å². The number of aliphatic hydroxyl groups is 1. The first kappa shape index (κ1) is 20.8. The maximum absolute atomic E-state index is 13.6. The van der Waals surface area contributed by atoms with Crippen molar-refractivity contribution in [3.8, 4) is 5.75 Å². The van der Waals surface area contributed by atoms with Gasteiger partial charge in [0.05, 0.1) is 37.5 Å². The van der Waals surface area contributed by atoms with E-state index < -0.39 is 0 Å². The van der Waals surface area contributed by atoms with Crippen molar-refractivity contribution in [2.75, 3.05) is 39.9 Å². The first-order valence-corrected chi connectivity index (χ1v) is 10.7. The number of carbonyl (C=O) groups is 1. The van der Waals surface area contributed by atoms with Crippen LogP contribution in [0.4, 0.5) is 0 Å². The number of benzene rings is 2. The largest absolute Gasteiger partial charge is 0.496 e. The summed E-state index contributed by atoms with van der Waals surface area (Å²) in [5.74, 6) is 0.547. The van der Waals surface area contributed by atoms with E-state index in [9.17, 15) is 9.90 Å². The number of nitrogens with zero attached hydrogens (tertiary/aromatic N) is 2. The van der Waals surface area contributed by atoms with Crippen molar-refractivity contribution in [1.82, 2.24) is 9.80 Å². The van der Waals surface area contributed by atoms with E-state index in [-0.39, 0.29) is 24.2 Å². The average molecular weight is 411 g/mol. The standard InChI is InChI=1S/C24H30N2O4/c1-29-21-10-6-5-9-20(21)24(28)26-15-16-30-22(17-25-13-11-19(27)12-14-25)23(26)18-7-3-2-4-8-18/h2-10,19,22-23,27H,11-17H2,1H3. The summed E-state index contributed by atoms with van der Waals surface area (Å²) in [6, 6.07) is 17.3. The van der Waals surface area contributed by atoms with Crippen LogP contribution in [0.1, 0.15) is 34.8 Å². The van der Waals surface area contributed by atoms with E-state index in [0.717, 1.165) is 38.0 Å². The lowest BCUT2D eigenvalue weighted by Gasteiger charge is -2.44. The molecule has 1 amide bonds. The molecule has 0 spiro atoms. The molecule has 2 aromatic rings. The van der Waals surface area contributed by atoms with Crippen LogP contribution in [0.25, 0.3) is 0 Å². The molecule has 2 aromatic carbocycles. The van der Waals surface area contributed by atoms with E-state index in [1.165, 1.54) is 0 Å². The Kier molecular flexibility index (Phi) is 6.67. The fourth-order valence-electron chi connectivity index (χ4n) is 4.49. The van der Waals surface area contributed by atoms with Gasteiger partial charge in [-0.15, -0.1) is 0 Å². The lowest BCUT2D eigenvalue weighted by Crippen LogP contribution is -2.52. The van der Waals surface area contributed by atoms with Crippen molar-refractivity contribution >= 4 is 5.91 Å². The van der Waals surface area contributed by atoms with E-state index in [1.807, 2.05) is 47.4 Å². The minimum Gasteiger partial charge on any atom is -0.496 e. The van der Waals surface area contributed by atoms with Gasteiger partial charge >= 0.3 is 0 Å². The van der Waals surface area contributed by atoms with E-state index in [2.05, 4.69) is 17.0 Å². The molecule has 0 aliphatic carbocycles. The molecule has 2 unspecified atom stereocenters. The summed E-state index contributed by atoms with van der Waals surface area (Å²) in [6.07, 6.45) is 1.23. The van der Waals surface area contributed by atoms with Crippen molar-refractivity contribution in [2.45, 2.75) is 31.1 Å². The van der Waals surface area contributed by atoms with Crippen LogP contribution in [0.3, 0.4) is 0 Å². The fraction of sp³-hybridized carbons (Fsp3) is 0.458. The summed E-state index contributed by atoms with van der Waals surface area (Å²) in [5, 5.41) is 9.83. The minimum absolute atomic E-state index is 0.0383. The van der Waals surface area contributed by atoms with Crippen LogP contribution in [-0.4, -0.2) is 72.9 Å². The fourth-order valence-corrected chi connectivity index (χ4v) is 4.49. The van der Waals surface area contributed by atoms with Gasteiger partial charge < -0.3 is 24.4 Å². The third-order valence-electron chi connectivity index (χ3n) is 6.09. The normalized spacial score (nSPS) is 23.3. The second-order valence-electron chi connectivity index (χ2n) is 8.00. The zero-order chi connectivity index (χ0) is 20.9. The Hall–Kier alpha value is -2.41. The van der Waals surface area contributed by atoms with E-state index in [1.54, 1.807) is 7.11 Å². The van der Waals surface area contributed by atoms with Crippen LogP contribution in [0.5, 0.6) is 5.75 Å². The van der Waals surface area contributed by atoms with Gasteiger partial charge in [0.2, 0.25) is 0 Å². The van der Waals surface area contributed by atoms with Gasteiger partial charge in [-0.2, -0.15) is 0 Å². The molecule has 2 aliphatic rings. The molecule has 2 aliphatic heterocycles. The maximum atomic E-state index is 13.6. The second-order valence-corrected chi connectivity index (χ2v) is 8.00. The monoisotopic (exact) mass is 410 g/mol. The molecular weight excluding hydrogens is 380 g/mol. The molecule has 6 nitrogen and oxygen atoms in total. The number of ether oxygens (including phenoxy) is 2. The molecule has 2 saturated heterocycles. The van der Waals surface area contributed by atoms with Gasteiger partial charge in [0.1, 0.15) is 5.75 Å². The number of para-hydroxylation sites is 1. The van der Waals surface area contributed by atoms with Crippen LogP contribution in [0.15, 0.2) is 54.6 Å². The van der Waals surface area contributed by atoms with Gasteiger partial charge in [-0.05, 0) is 30.5 Å². The zero-order valence-electron chi connectivity index (χ0n) is 17.4. The number of likely N-dealkylation sites (tertiary alicyclic amines) is 1. The molecule has 2 fully saturated rings. The highest BCUT2D eigenvalue weighted by atomic mass is 16.5. The predicted octanol–water partition coefficient (Wildman–Crippen LogP) is 2.73. The number of aliphatic hydroxyl groups excluding tert-OH is 1. The quantitative estimate of drug-likeness (QED) is 0.821. The van der Waals surface area contributed by atoms with Gasteiger partial charge in [-0.25, -0.2) is 0 Å². The molecule has 6 heteroatoms. The molecule has 30 heavy (non-hydrogen) atoms. The highest BCUT2D eigenvalue weighted by Gasteiger charge is 2.38. The average Bonchev–Trinajstić information content (AvgIpc) is 2.80. The van der Waals surface area contributed by atoms with Gasteiger partial charge in [-0.1, -0.05) is 42.5 Å². The molecule has 0 aromatic heterocycles. The highest BCUT2D eigenvalue weighted by molar-refractivity contribution is 5.97. The molecule has 1 N–H and O–H groups in total. The molecule has 160 valence electrons. The number of amides is 1. The van der Waals surface area contributed by atoms with Gasteiger partial charge in [0.25, 0.3) is 5.91 Å². The summed E-state index contributed by atoms with van der Waals surface area (Å²) < 4.78 is 11.7. The smallest absolute Gasteiger partial charge is 0.258 e. The van der Waals surface area contributed by atoms with Crippen molar-refractivity contribution in [3.05, 3.63) is 65.7 Å². The van der Waals surface area contributed by atoms with Crippen LogP contribution in [0, 0.1) is 0 Å². The second kappa shape index (κ2) is 9.60. The molecule has 4 rings (SSSR count). The van der Waals surface area contributed by atoms with Crippen LogP contribution >= 0.6 is 0 Å². The zero-order valence-corrected chi connectivity index (χ0v) is 17.4.